The van der Waals surface area contributed by atoms with Crippen molar-refractivity contribution in [2.75, 3.05) is 52.9 Å². The van der Waals surface area contributed by atoms with Crippen molar-refractivity contribution in [2.24, 2.45) is 0 Å². The van der Waals surface area contributed by atoms with E-state index in [2.05, 4.69) is 26.8 Å². The van der Waals surface area contributed by atoms with Crippen LogP contribution in [0.15, 0.2) is 42.5 Å². The van der Waals surface area contributed by atoms with Gasteiger partial charge in [-0.25, -0.2) is 0 Å². The highest BCUT2D eigenvalue weighted by atomic mass is 35.5. The number of hydrogen-bond acceptors (Lipinski definition) is 4. The van der Waals surface area contributed by atoms with Gasteiger partial charge in [0.15, 0.2) is 0 Å². The summed E-state index contributed by atoms with van der Waals surface area (Å²) in [4.78, 5) is 21.2. The summed E-state index contributed by atoms with van der Waals surface area (Å²) in [6, 6.07) is 14.8. The summed E-state index contributed by atoms with van der Waals surface area (Å²) in [5.74, 6) is 0.936. The lowest BCUT2D eigenvalue weighted by molar-refractivity contribution is -0.131. The fourth-order valence-electron chi connectivity index (χ4n) is 7.21. The SMILES string of the molecule is COc1ccccc1CC(=O)N1CCCC[C@](CCN2CCN(C3CCCCC3)CC2)(c2ccc(Cl)c(Cl)c2)C1. The molecule has 5 rings (SSSR count). The maximum Gasteiger partial charge on any atom is 0.227 e. The van der Waals surface area contributed by atoms with Crippen LogP contribution < -0.4 is 4.74 Å². The van der Waals surface area contributed by atoms with Gasteiger partial charge < -0.3 is 14.5 Å². The number of para-hydroxylation sites is 1. The molecule has 2 aromatic carbocycles. The van der Waals surface area contributed by atoms with Gasteiger partial charge in [0, 0.05) is 56.3 Å². The summed E-state index contributed by atoms with van der Waals surface area (Å²) < 4.78 is 5.54. The Morgan fingerprint density at radius 2 is 1.70 bits per heavy atom. The Morgan fingerprint density at radius 3 is 2.45 bits per heavy atom. The lowest BCUT2D eigenvalue weighted by atomic mass is 9.73. The lowest BCUT2D eigenvalue weighted by Crippen LogP contribution is -2.52. The molecule has 40 heavy (non-hydrogen) atoms. The van der Waals surface area contributed by atoms with Crippen molar-refractivity contribution >= 4 is 29.1 Å². The Kier molecular flexibility index (Phi) is 10.3. The number of carbonyl (C=O) groups is 1. The largest absolute Gasteiger partial charge is 0.496 e. The first-order valence-electron chi connectivity index (χ1n) is 15.3. The number of hydrogen-bond donors (Lipinski definition) is 0. The number of halogens is 2. The molecule has 3 fully saturated rings. The molecule has 2 aliphatic heterocycles. The summed E-state index contributed by atoms with van der Waals surface area (Å²) >= 11 is 12.9. The number of nitrogens with zero attached hydrogens (tertiary/aromatic N) is 3. The lowest BCUT2D eigenvalue weighted by Gasteiger charge is -2.43. The molecule has 0 N–H and O–H groups in total. The van der Waals surface area contributed by atoms with Crippen molar-refractivity contribution in [1.82, 2.24) is 14.7 Å². The summed E-state index contributed by atoms with van der Waals surface area (Å²) in [6.45, 7) is 7.14. The standard InChI is InChI=1S/C33H45Cl2N3O2/c1-40-31-12-6-5-9-26(31)23-32(39)38-17-8-7-15-33(25-38,27-13-14-29(34)30(35)24-27)16-18-36-19-21-37(22-20-36)28-10-3-2-4-11-28/h5-6,9,12-14,24,28H,2-4,7-8,10-11,15-23,25H2,1H3/t33-/m1/s1. The van der Waals surface area contributed by atoms with Crippen LogP contribution >= 0.6 is 23.2 Å². The van der Waals surface area contributed by atoms with Gasteiger partial charge >= 0.3 is 0 Å². The van der Waals surface area contributed by atoms with Gasteiger partial charge in [-0.15, -0.1) is 0 Å². The van der Waals surface area contributed by atoms with Crippen molar-refractivity contribution in [3.05, 3.63) is 63.6 Å². The maximum absolute atomic E-state index is 13.7. The average molecular weight is 587 g/mol. The summed E-state index contributed by atoms with van der Waals surface area (Å²) in [5, 5.41) is 1.17. The van der Waals surface area contributed by atoms with Gasteiger partial charge in [0.2, 0.25) is 5.91 Å². The maximum atomic E-state index is 13.7. The predicted octanol–water partition coefficient (Wildman–Crippen LogP) is 6.84. The third kappa shape index (κ3) is 7.15. The minimum absolute atomic E-state index is 0.151. The van der Waals surface area contributed by atoms with Crippen molar-refractivity contribution < 1.29 is 9.53 Å². The number of ether oxygens (including phenoxy) is 1. The van der Waals surface area contributed by atoms with Crippen LogP contribution in [0.1, 0.15) is 68.9 Å². The zero-order valence-electron chi connectivity index (χ0n) is 24.1. The molecule has 1 saturated carbocycles. The number of carbonyl (C=O) groups excluding carboxylic acids is 1. The fourth-order valence-corrected chi connectivity index (χ4v) is 7.50. The van der Waals surface area contributed by atoms with E-state index in [1.54, 1.807) is 7.11 Å². The van der Waals surface area contributed by atoms with Crippen LogP contribution in [0.2, 0.25) is 10.0 Å². The first kappa shape index (κ1) is 29.7. The molecule has 2 heterocycles. The first-order valence-corrected chi connectivity index (χ1v) is 16.0. The summed E-state index contributed by atoms with van der Waals surface area (Å²) in [7, 11) is 1.67. The van der Waals surface area contributed by atoms with Crippen molar-refractivity contribution in [3.63, 3.8) is 0 Å². The van der Waals surface area contributed by atoms with Crippen LogP contribution in [0.4, 0.5) is 0 Å². The molecule has 7 heteroatoms. The highest BCUT2D eigenvalue weighted by Gasteiger charge is 2.38. The zero-order chi connectivity index (χ0) is 28.0. The normalized spacial score (nSPS) is 23.6. The van der Waals surface area contributed by atoms with Crippen LogP contribution in [-0.4, -0.2) is 79.6 Å². The van der Waals surface area contributed by atoms with E-state index in [0.717, 1.165) is 69.2 Å². The highest BCUT2D eigenvalue weighted by molar-refractivity contribution is 6.42. The third-order valence-electron chi connectivity index (χ3n) is 9.65. The molecule has 1 atom stereocenters. The minimum Gasteiger partial charge on any atom is -0.496 e. The van der Waals surface area contributed by atoms with Gasteiger partial charge in [-0.05, 0) is 62.4 Å². The van der Waals surface area contributed by atoms with Gasteiger partial charge in [0.1, 0.15) is 5.75 Å². The second kappa shape index (κ2) is 13.9. The van der Waals surface area contributed by atoms with Crippen molar-refractivity contribution in [1.29, 1.82) is 0 Å². The summed E-state index contributed by atoms with van der Waals surface area (Å²) in [6.07, 6.45) is 11.5. The van der Waals surface area contributed by atoms with Crippen molar-refractivity contribution in [3.8, 4) is 5.75 Å². The van der Waals surface area contributed by atoms with E-state index in [4.69, 9.17) is 27.9 Å². The molecule has 5 nitrogen and oxygen atoms in total. The number of amides is 1. The van der Waals surface area contributed by atoms with Gasteiger partial charge in [-0.2, -0.15) is 0 Å². The van der Waals surface area contributed by atoms with E-state index >= 15 is 0 Å². The molecule has 3 aliphatic rings. The van der Waals surface area contributed by atoms with E-state index in [0.29, 0.717) is 23.0 Å². The Morgan fingerprint density at radius 1 is 0.925 bits per heavy atom. The molecule has 0 radical (unpaired) electrons. The van der Waals surface area contributed by atoms with Crippen molar-refractivity contribution in [2.45, 2.75) is 75.7 Å². The van der Waals surface area contributed by atoms with E-state index < -0.39 is 0 Å². The molecule has 0 spiro atoms. The second-order valence-electron chi connectivity index (χ2n) is 12.1. The molecule has 1 aliphatic carbocycles. The minimum atomic E-state index is -0.151. The van der Waals surface area contributed by atoms with E-state index in [1.807, 2.05) is 30.3 Å². The molecular weight excluding hydrogens is 541 g/mol. The first-order chi connectivity index (χ1) is 19.5. The number of likely N-dealkylation sites (tertiary alicyclic amines) is 1. The van der Waals surface area contributed by atoms with E-state index in [1.165, 1.54) is 50.8 Å². The summed E-state index contributed by atoms with van der Waals surface area (Å²) in [5.41, 5.74) is 2.00. The van der Waals surface area contributed by atoms with Gasteiger partial charge in [0.25, 0.3) is 0 Å². The second-order valence-corrected chi connectivity index (χ2v) is 12.9. The zero-order valence-corrected chi connectivity index (χ0v) is 25.6. The Bertz CT molecular complexity index is 1130. The van der Waals surface area contributed by atoms with Gasteiger partial charge in [-0.1, -0.05) is 73.2 Å². The average Bonchev–Trinajstić information content (AvgIpc) is 3.22. The highest BCUT2D eigenvalue weighted by Crippen LogP contribution is 2.40. The number of piperazine rings is 1. The third-order valence-corrected chi connectivity index (χ3v) is 10.4. The number of rotatable bonds is 8. The molecule has 2 saturated heterocycles. The van der Waals surface area contributed by atoms with Crippen LogP contribution in [0.5, 0.6) is 5.75 Å². The fraction of sp³-hybridized carbons (Fsp3) is 0.606. The smallest absolute Gasteiger partial charge is 0.227 e. The quantitative estimate of drug-likeness (QED) is 0.340. The van der Waals surface area contributed by atoms with Crippen LogP contribution in [0, 0.1) is 0 Å². The van der Waals surface area contributed by atoms with Gasteiger partial charge in [0.05, 0.1) is 23.6 Å². The molecule has 0 bridgehead atoms. The molecule has 0 unspecified atom stereocenters. The Hall–Kier alpha value is -1.79. The topological polar surface area (TPSA) is 36.0 Å². The molecular formula is C33H45Cl2N3O2. The van der Waals surface area contributed by atoms with Crippen LogP contribution in [0.3, 0.4) is 0 Å². The number of benzene rings is 2. The van der Waals surface area contributed by atoms with Crippen LogP contribution in [-0.2, 0) is 16.6 Å². The monoisotopic (exact) mass is 585 g/mol. The number of methoxy groups -OCH3 is 1. The van der Waals surface area contributed by atoms with Crippen LogP contribution in [0.25, 0.3) is 0 Å². The molecule has 218 valence electrons. The molecule has 1 amide bonds. The van der Waals surface area contributed by atoms with E-state index in [-0.39, 0.29) is 11.3 Å². The molecule has 0 aromatic heterocycles. The van der Waals surface area contributed by atoms with Gasteiger partial charge in [-0.3, -0.25) is 9.69 Å². The Labute approximate surface area is 250 Å². The molecule has 2 aromatic rings. The predicted molar refractivity (Wildman–Crippen MR) is 165 cm³/mol. The Balaban J connectivity index is 1.31. The van der Waals surface area contributed by atoms with E-state index in [9.17, 15) is 4.79 Å².